The van der Waals surface area contributed by atoms with Gasteiger partial charge in [-0.15, -0.1) is 0 Å². The number of aromatic nitrogens is 3. The Balaban J connectivity index is 1.47. The van der Waals surface area contributed by atoms with E-state index in [-0.39, 0.29) is 11.9 Å². The molecule has 0 radical (unpaired) electrons. The van der Waals surface area contributed by atoms with Crippen LogP contribution >= 0.6 is 0 Å². The zero-order chi connectivity index (χ0) is 17.7. The van der Waals surface area contributed by atoms with Crippen LogP contribution in [0.25, 0.3) is 11.0 Å². The third kappa shape index (κ3) is 2.34. The summed E-state index contributed by atoms with van der Waals surface area (Å²) in [7, 11) is 0. The Kier molecular flexibility index (Phi) is 3.70. The Hall–Kier alpha value is -2.41. The predicted molar refractivity (Wildman–Crippen MR) is 98.1 cm³/mol. The molecule has 5 rings (SSSR count). The normalized spacial score (nSPS) is 26.0. The molecule has 2 aromatic rings. The lowest BCUT2D eigenvalue weighted by molar-refractivity contribution is -0.135. The first-order valence-corrected chi connectivity index (χ1v) is 9.34. The highest BCUT2D eigenvalue weighted by molar-refractivity contribution is 5.92. The summed E-state index contributed by atoms with van der Waals surface area (Å²) in [5, 5.41) is 1.14. The molecule has 2 atom stereocenters. The number of amides is 1. The molecular formula is C19H23N5O2. The minimum absolute atomic E-state index is 0.0328. The standard InChI is InChI=1S/C19H23N5O2/c1-2-16(25)24-9-13-8-23(10-15(13)24)19-17-14(12-3-5-26-6-4-12)7-20-18(17)21-11-22-19/h2,7,11-13,15H,1,3-6,8-10H2,(H,20,21,22)/t13-,15-/m0/s1. The first-order valence-electron chi connectivity index (χ1n) is 9.34. The summed E-state index contributed by atoms with van der Waals surface area (Å²) in [6.07, 6.45) is 7.21. The average molecular weight is 353 g/mol. The molecule has 0 unspecified atom stereocenters. The van der Waals surface area contributed by atoms with E-state index in [4.69, 9.17) is 4.74 Å². The van der Waals surface area contributed by atoms with E-state index in [1.807, 2.05) is 4.90 Å². The van der Waals surface area contributed by atoms with Crippen LogP contribution in [0, 0.1) is 5.92 Å². The third-order valence-corrected chi connectivity index (χ3v) is 6.14. The predicted octanol–water partition coefficient (Wildman–Crippen LogP) is 1.68. The van der Waals surface area contributed by atoms with Crippen molar-refractivity contribution in [1.29, 1.82) is 0 Å². The zero-order valence-corrected chi connectivity index (χ0v) is 14.7. The molecule has 1 N–H and O–H groups in total. The lowest BCUT2D eigenvalue weighted by Crippen LogP contribution is -2.57. The highest BCUT2D eigenvalue weighted by atomic mass is 16.5. The number of aromatic amines is 1. The van der Waals surface area contributed by atoms with Gasteiger partial charge in [-0.2, -0.15) is 0 Å². The van der Waals surface area contributed by atoms with Gasteiger partial charge in [0.15, 0.2) is 0 Å². The molecular weight excluding hydrogens is 330 g/mol. The van der Waals surface area contributed by atoms with Crippen LogP contribution in [-0.4, -0.2) is 64.6 Å². The van der Waals surface area contributed by atoms with Crippen molar-refractivity contribution >= 4 is 22.8 Å². The van der Waals surface area contributed by atoms with Crippen molar-refractivity contribution in [2.75, 3.05) is 37.7 Å². The molecule has 3 aliphatic heterocycles. The van der Waals surface area contributed by atoms with Crippen LogP contribution in [-0.2, 0) is 9.53 Å². The van der Waals surface area contributed by atoms with Gasteiger partial charge in [0.25, 0.3) is 0 Å². The molecule has 1 amide bonds. The fourth-order valence-corrected chi connectivity index (χ4v) is 4.72. The van der Waals surface area contributed by atoms with Gasteiger partial charge in [0.2, 0.25) is 5.91 Å². The zero-order valence-electron chi connectivity index (χ0n) is 14.7. The van der Waals surface area contributed by atoms with E-state index >= 15 is 0 Å². The fraction of sp³-hybridized carbons (Fsp3) is 0.526. The van der Waals surface area contributed by atoms with Crippen LogP contribution in [0.2, 0.25) is 0 Å². The number of ether oxygens (including phenoxy) is 1. The second kappa shape index (κ2) is 6.09. The van der Waals surface area contributed by atoms with E-state index in [0.29, 0.717) is 11.8 Å². The second-order valence-electron chi connectivity index (χ2n) is 7.48. The highest BCUT2D eigenvalue weighted by Crippen LogP contribution is 2.40. The molecule has 5 heterocycles. The quantitative estimate of drug-likeness (QED) is 0.850. The molecule has 3 aliphatic rings. The molecule has 2 aromatic heterocycles. The van der Waals surface area contributed by atoms with Crippen molar-refractivity contribution in [3.05, 3.63) is 30.7 Å². The molecule has 0 aliphatic carbocycles. The summed E-state index contributed by atoms with van der Waals surface area (Å²) in [4.78, 5) is 28.6. The molecule has 3 fully saturated rings. The van der Waals surface area contributed by atoms with Crippen LogP contribution in [0.4, 0.5) is 5.82 Å². The van der Waals surface area contributed by atoms with Gasteiger partial charge in [-0.25, -0.2) is 9.97 Å². The summed E-state index contributed by atoms with van der Waals surface area (Å²) >= 11 is 0. The molecule has 0 aromatic carbocycles. The van der Waals surface area contributed by atoms with E-state index in [9.17, 15) is 4.79 Å². The van der Waals surface area contributed by atoms with Gasteiger partial charge < -0.3 is 19.5 Å². The van der Waals surface area contributed by atoms with Crippen LogP contribution in [0.3, 0.4) is 0 Å². The minimum Gasteiger partial charge on any atom is -0.381 e. The second-order valence-corrected chi connectivity index (χ2v) is 7.48. The number of fused-ring (bicyclic) bond motifs is 2. The Morgan fingerprint density at radius 3 is 2.92 bits per heavy atom. The first kappa shape index (κ1) is 15.8. The first-order chi connectivity index (χ1) is 12.8. The van der Waals surface area contributed by atoms with Crippen molar-refractivity contribution in [3.63, 3.8) is 0 Å². The molecule has 0 saturated carbocycles. The van der Waals surface area contributed by atoms with Gasteiger partial charge in [0.05, 0.1) is 11.4 Å². The number of nitrogens with zero attached hydrogens (tertiary/aromatic N) is 4. The topological polar surface area (TPSA) is 74.4 Å². The maximum atomic E-state index is 12.0. The maximum Gasteiger partial charge on any atom is 0.246 e. The molecule has 136 valence electrons. The molecule has 3 saturated heterocycles. The van der Waals surface area contributed by atoms with Gasteiger partial charge >= 0.3 is 0 Å². The minimum atomic E-state index is 0.0328. The van der Waals surface area contributed by atoms with Gasteiger partial charge in [0, 0.05) is 45.0 Å². The van der Waals surface area contributed by atoms with Crippen molar-refractivity contribution in [2.45, 2.75) is 24.8 Å². The smallest absolute Gasteiger partial charge is 0.246 e. The molecule has 0 spiro atoms. The molecule has 7 heteroatoms. The summed E-state index contributed by atoms with van der Waals surface area (Å²) in [6.45, 7) is 7.83. The fourth-order valence-electron chi connectivity index (χ4n) is 4.72. The summed E-state index contributed by atoms with van der Waals surface area (Å²) in [5.74, 6) is 2.04. The molecule has 26 heavy (non-hydrogen) atoms. The molecule has 7 nitrogen and oxygen atoms in total. The Morgan fingerprint density at radius 2 is 2.12 bits per heavy atom. The number of anilines is 1. The number of nitrogens with one attached hydrogen (secondary N) is 1. The Bertz CT molecular complexity index is 857. The summed E-state index contributed by atoms with van der Waals surface area (Å²) in [6, 6.07) is 0.274. The van der Waals surface area contributed by atoms with E-state index in [0.717, 1.165) is 62.5 Å². The van der Waals surface area contributed by atoms with Crippen molar-refractivity contribution < 1.29 is 9.53 Å². The number of hydrogen-bond acceptors (Lipinski definition) is 5. The van der Waals surface area contributed by atoms with Crippen LogP contribution in [0.5, 0.6) is 0 Å². The number of carbonyl (C=O) groups is 1. The largest absolute Gasteiger partial charge is 0.381 e. The Morgan fingerprint density at radius 1 is 1.27 bits per heavy atom. The third-order valence-electron chi connectivity index (χ3n) is 6.14. The number of likely N-dealkylation sites (tertiary alicyclic amines) is 1. The van der Waals surface area contributed by atoms with E-state index < -0.39 is 0 Å². The van der Waals surface area contributed by atoms with E-state index in [1.54, 1.807) is 6.33 Å². The van der Waals surface area contributed by atoms with E-state index in [1.165, 1.54) is 11.6 Å². The SMILES string of the molecule is C=CC(=O)N1C[C@@H]2CN(c3ncnc4[nH]cc(C5CCOCC5)c34)C[C@@H]21. The van der Waals surface area contributed by atoms with Crippen LogP contribution < -0.4 is 4.90 Å². The Labute approximate surface area is 152 Å². The number of H-pyrrole nitrogens is 1. The van der Waals surface area contributed by atoms with Crippen molar-refractivity contribution in [2.24, 2.45) is 5.92 Å². The number of rotatable bonds is 3. The highest BCUT2D eigenvalue weighted by Gasteiger charge is 2.47. The van der Waals surface area contributed by atoms with Gasteiger partial charge in [0.1, 0.15) is 17.8 Å². The van der Waals surface area contributed by atoms with Gasteiger partial charge in [-0.05, 0) is 30.4 Å². The maximum absolute atomic E-state index is 12.0. The van der Waals surface area contributed by atoms with Gasteiger partial charge in [-0.3, -0.25) is 4.79 Å². The van der Waals surface area contributed by atoms with Gasteiger partial charge in [-0.1, -0.05) is 6.58 Å². The lowest BCUT2D eigenvalue weighted by atomic mass is 9.92. The van der Waals surface area contributed by atoms with Crippen molar-refractivity contribution in [1.82, 2.24) is 19.9 Å². The monoisotopic (exact) mass is 353 g/mol. The lowest BCUT2D eigenvalue weighted by Gasteiger charge is -2.42. The average Bonchev–Trinajstić information content (AvgIpc) is 3.24. The van der Waals surface area contributed by atoms with E-state index in [2.05, 4.69) is 32.6 Å². The van der Waals surface area contributed by atoms with Crippen LogP contribution in [0.1, 0.15) is 24.3 Å². The van der Waals surface area contributed by atoms with Crippen molar-refractivity contribution in [3.8, 4) is 0 Å². The summed E-state index contributed by atoms with van der Waals surface area (Å²) < 4.78 is 5.52. The number of hydrogen-bond donors (Lipinski definition) is 1. The number of carbonyl (C=O) groups excluding carboxylic acids is 1. The molecule has 0 bridgehead atoms. The van der Waals surface area contributed by atoms with Crippen LogP contribution in [0.15, 0.2) is 25.2 Å². The summed E-state index contributed by atoms with van der Waals surface area (Å²) in [5.41, 5.74) is 2.20.